The second-order valence-corrected chi connectivity index (χ2v) is 11.6. The standard InChI is InChI=1S/C34H42N4O5/c1-3-9-24(4-2)25-13-14-30-27(20-25)29(39)21-31(43-30)34(42)35-22-33(41)37-18-16-36(17-19-37)28-11-6-5-10-26(28)23-38-15-8-7-12-32(38)40/h5-6,10-11,13-14,20-21,24H,3-4,7-9,12,15-19,22-23H2,1-2H3,(H,35,42). The molecule has 2 aliphatic heterocycles. The molecule has 0 spiro atoms. The third kappa shape index (κ3) is 7.09. The van der Waals surface area contributed by atoms with Crippen molar-refractivity contribution in [1.29, 1.82) is 0 Å². The summed E-state index contributed by atoms with van der Waals surface area (Å²) in [5.74, 6) is -0.289. The van der Waals surface area contributed by atoms with Gasteiger partial charge in [-0.2, -0.15) is 0 Å². The average Bonchev–Trinajstić information content (AvgIpc) is 3.03. The molecular formula is C34H42N4O5. The third-order valence-corrected chi connectivity index (χ3v) is 8.72. The van der Waals surface area contributed by atoms with E-state index in [2.05, 4.69) is 36.2 Å². The molecule has 0 aliphatic carbocycles. The van der Waals surface area contributed by atoms with Crippen LogP contribution in [0.4, 0.5) is 5.69 Å². The molecule has 1 aromatic heterocycles. The molecule has 1 unspecified atom stereocenters. The van der Waals surface area contributed by atoms with Gasteiger partial charge < -0.3 is 24.4 Å². The van der Waals surface area contributed by atoms with E-state index in [0.717, 1.165) is 55.5 Å². The van der Waals surface area contributed by atoms with Gasteiger partial charge in [-0.15, -0.1) is 0 Å². The Labute approximate surface area is 252 Å². The van der Waals surface area contributed by atoms with Crippen molar-refractivity contribution >= 4 is 34.4 Å². The van der Waals surface area contributed by atoms with Crippen molar-refractivity contribution in [1.82, 2.24) is 15.1 Å². The average molecular weight is 587 g/mol. The predicted molar refractivity (Wildman–Crippen MR) is 167 cm³/mol. The first-order valence-corrected chi connectivity index (χ1v) is 15.6. The fraction of sp³-hybridized carbons (Fsp3) is 0.471. The number of likely N-dealkylation sites (tertiary alicyclic amines) is 1. The maximum Gasteiger partial charge on any atom is 0.287 e. The fourth-order valence-electron chi connectivity index (χ4n) is 6.23. The van der Waals surface area contributed by atoms with Gasteiger partial charge in [-0.25, -0.2) is 0 Å². The zero-order valence-corrected chi connectivity index (χ0v) is 25.3. The first-order chi connectivity index (χ1) is 20.9. The molecule has 3 amide bonds. The highest BCUT2D eigenvalue weighted by Gasteiger charge is 2.25. The van der Waals surface area contributed by atoms with Crippen molar-refractivity contribution in [3.05, 3.63) is 75.6 Å². The van der Waals surface area contributed by atoms with Gasteiger partial charge in [0, 0.05) is 57.4 Å². The van der Waals surface area contributed by atoms with Crippen LogP contribution in [0.15, 0.2) is 57.7 Å². The number of piperazine rings is 1. The van der Waals surface area contributed by atoms with Crippen molar-refractivity contribution in [2.24, 2.45) is 0 Å². The van der Waals surface area contributed by atoms with Crippen molar-refractivity contribution in [2.75, 3.05) is 44.2 Å². The number of rotatable bonds is 10. The number of hydrogen-bond donors (Lipinski definition) is 1. The fourth-order valence-corrected chi connectivity index (χ4v) is 6.23. The molecule has 5 rings (SSSR count). The van der Waals surface area contributed by atoms with E-state index in [1.54, 1.807) is 11.0 Å². The number of nitrogens with zero attached hydrogens (tertiary/aromatic N) is 3. The molecule has 2 fully saturated rings. The molecule has 2 aromatic carbocycles. The molecule has 0 saturated carbocycles. The number of anilines is 1. The maximum atomic E-state index is 13.0. The zero-order valence-electron chi connectivity index (χ0n) is 25.3. The van der Waals surface area contributed by atoms with E-state index >= 15 is 0 Å². The summed E-state index contributed by atoms with van der Waals surface area (Å²) in [5, 5.41) is 3.09. The van der Waals surface area contributed by atoms with Gasteiger partial charge in [0.05, 0.1) is 11.9 Å². The summed E-state index contributed by atoms with van der Waals surface area (Å²) < 4.78 is 5.78. The van der Waals surface area contributed by atoms with Gasteiger partial charge in [-0.05, 0) is 60.9 Å². The lowest BCUT2D eigenvalue weighted by Crippen LogP contribution is -2.51. The molecule has 0 bridgehead atoms. The topological polar surface area (TPSA) is 103 Å². The Morgan fingerprint density at radius 1 is 0.953 bits per heavy atom. The van der Waals surface area contributed by atoms with Gasteiger partial charge >= 0.3 is 0 Å². The molecule has 3 heterocycles. The van der Waals surface area contributed by atoms with Crippen LogP contribution >= 0.6 is 0 Å². The number of hydrogen-bond acceptors (Lipinski definition) is 6. The second-order valence-electron chi connectivity index (χ2n) is 11.6. The Kier molecular flexibility index (Phi) is 9.79. The molecule has 0 radical (unpaired) electrons. The van der Waals surface area contributed by atoms with Crippen molar-refractivity contribution in [3.8, 4) is 0 Å². The van der Waals surface area contributed by atoms with Crippen LogP contribution in [-0.4, -0.2) is 66.8 Å². The van der Waals surface area contributed by atoms with Crippen LogP contribution < -0.4 is 15.6 Å². The van der Waals surface area contributed by atoms with E-state index in [-0.39, 0.29) is 29.5 Å². The lowest BCUT2D eigenvalue weighted by atomic mass is 9.91. The number of piperidine rings is 1. The molecule has 3 aromatic rings. The normalized spacial score (nSPS) is 16.4. The number of para-hydroxylation sites is 1. The van der Waals surface area contributed by atoms with Crippen LogP contribution in [0.5, 0.6) is 0 Å². The van der Waals surface area contributed by atoms with Gasteiger partial charge in [0.25, 0.3) is 5.91 Å². The summed E-state index contributed by atoms with van der Waals surface area (Å²) in [6, 6.07) is 15.0. The highest BCUT2D eigenvalue weighted by atomic mass is 16.3. The first kappa shape index (κ1) is 30.3. The highest BCUT2D eigenvalue weighted by molar-refractivity contribution is 5.95. The molecular weight excluding hydrogens is 544 g/mol. The van der Waals surface area contributed by atoms with Crippen molar-refractivity contribution in [2.45, 2.75) is 64.8 Å². The van der Waals surface area contributed by atoms with Crippen LogP contribution in [0, 0.1) is 0 Å². The van der Waals surface area contributed by atoms with Crippen molar-refractivity contribution in [3.63, 3.8) is 0 Å². The van der Waals surface area contributed by atoms with E-state index in [1.165, 1.54) is 6.07 Å². The minimum absolute atomic E-state index is 0.104. The number of benzene rings is 2. The quantitative estimate of drug-likeness (QED) is 0.370. The van der Waals surface area contributed by atoms with Crippen LogP contribution in [0.3, 0.4) is 0 Å². The lowest BCUT2D eigenvalue weighted by Gasteiger charge is -2.37. The van der Waals surface area contributed by atoms with E-state index in [9.17, 15) is 19.2 Å². The molecule has 43 heavy (non-hydrogen) atoms. The minimum atomic E-state index is -0.589. The Morgan fingerprint density at radius 3 is 2.49 bits per heavy atom. The molecule has 1 N–H and O–H groups in total. The first-order valence-electron chi connectivity index (χ1n) is 15.6. The largest absolute Gasteiger partial charge is 0.451 e. The molecule has 9 nitrogen and oxygen atoms in total. The Hall–Kier alpha value is -4.14. The Bertz CT molecular complexity index is 1520. The number of carbonyl (C=O) groups excluding carboxylic acids is 3. The van der Waals surface area contributed by atoms with E-state index in [0.29, 0.717) is 56.0 Å². The van der Waals surface area contributed by atoms with E-state index < -0.39 is 5.91 Å². The molecule has 2 aliphatic rings. The molecule has 1 atom stereocenters. The second kappa shape index (κ2) is 13.9. The van der Waals surface area contributed by atoms with Crippen LogP contribution in [0.2, 0.25) is 0 Å². The van der Waals surface area contributed by atoms with Gasteiger partial charge in [0.1, 0.15) is 5.58 Å². The van der Waals surface area contributed by atoms with Crippen LogP contribution in [0.1, 0.15) is 80.0 Å². The van der Waals surface area contributed by atoms with Crippen molar-refractivity contribution < 1.29 is 18.8 Å². The van der Waals surface area contributed by atoms with Crippen LogP contribution in [0.25, 0.3) is 11.0 Å². The summed E-state index contributed by atoms with van der Waals surface area (Å²) in [4.78, 5) is 57.0. The Balaban J connectivity index is 1.16. The number of amides is 3. The van der Waals surface area contributed by atoms with Gasteiger partial charge in [0.2, 0.25) is 11.8 Å². The number of carbonyl (C=O) groups is 3. The molecule has 9 heteroatoms. The highest BCUT2D eigenvalue weighted by Crippen LogP contribution is 2.28. The SMILES string of the molecule is CCCC(CC)c1ccc2oc(C(=O)NCC(=O)N3CCN(c4ccccc4CN4CCCCC4=O)CC3)cc(=O)c2c1. The van der Waals surface area contributed by atoms with E-state index in [4.69, 9.17) is 4.42 Å². The van der Waals surface area contributed by atoms with Gasteiger partial charge in [0.15, 0.2) is 11.2 Å². The van der Waals surface area contributed by atoms with E-state index in [1.807, 2.05) is 29.2 Å². The minimum Gasteiger partial charge on any atom is -0.451 e. The summed E-state index contributed by atoms with van der Waals surface area (Å²) in [5.41, 5.74) is 3.40. The molecule has 228 valence electrons. The number of nitrogens with one attached hydrogen (secondary N) is 1. The number of fused-ring (bicyclic) bond motifs is 1. The third-order valence-electron chi connectivity index (χ3n) is 8.72. The smallest absolute Gasteiger partial charge is 0.287 e. The predicted octanol–water partition coefficient (Wildman–Crippen LogP) is 4.68. The van der Waals surface area contributed by atoms with Gasteiger partial charge in [-0.1, -0.05) is 44.5 Å². The lowest BCUT2D eigenvalue weighted by molar-refractivity contribution is -0.134. The van der Waals surface area contributed by atoms with Gasteiger partial charge in [-0.3, -0.25) is 19.2 Å². The summed E-state index contributed by atoms with van der Waals surface area (Å²) in [7, 11) is 0. The monoisotopic (exact) mass is 586 g/mol. The summed E-state index contributed by atoms with van der Waals surface area (Å²) >= 11 is 0. The molecule has 2 saturated heterocycles. The summed E-state index contributed by atoms with van der Waals surface area (Å²) in [6.45, 7) is 7.87. The Morgan fingerprint density at radius 2 is 1.74 bits per heavy atom. The zero-order chi connectivity index (χ0) is 30.3. The summed E-state index contributed by atoms with van der Waals surface area (Å²) in [6.07, 6.45) is 5.72. The maximum absolute atomic E-state index is 13.0. The van der Waals surface area contributed by atoms with Crippen LogP contribution in [-0.2, 0) is 16.1 Å².